The summed E-state index contributed by atoms with van der Waals surface area (Å²) in [7, 11) is 3.85. The van der Waals surface area contributed by atoms with Crippen molar-refractivity contribution in [1.29, 1.82) is 0 Å². The van der Waals surface area contributed by atoms with Crippen molar-refractivity contribution < 1.29 is 14.8 Å². The third kappa shape index (κ3) is 4.01. The van der Waals surface area contributed by atoms with Crippen molar-refractivity contribution >= 4 is 5.69 Å². The van der Waals surface area contributed by atoms with Gasteiger partial charge in [-0.25, -0.2) is 0 Å². The third-order valence-electron chi connectivity index (χ3n) is 2.22. The van der Waals surface area contributed by atoms with Gasteiger partial charge in [0.1, 0.15) is 12.4 Å². The number of ether oxygens (including phenoxy) is 1. The van der Waals surface area contributed by atoms with Gasteiger partial charge in [0.25, 0.3) is 5.69 Å². The Morgan fingerprint density at radius 2 is 2.18 bits per heavy atom. The summed E-state index contributed by atoms with van der Waals surface area (Å²) < 4.78 is 5.45. The fraction of sp³-hybridized carbons (Fsp3) is 0.455. The highest BCUT2D eigenvalue weighted by Crippen LogP contribution is 2.24. The normalized spacial score (nSPS) is 10.6. The zero-order valence-corrected chi connectivity index (χ0v) is 9.92. The van der Waals surface area contributed by atoms with Gasteiger partial charge < -0.3 is 14.7 Å². The molecule has 1 N–H and O–H groups in total. The number of nitro benzene ring substituents is 1. The van der Waals surface area contributed by atoms with Crippen LogP contribution in [0.3, 0.4) is 0 Å². The molecule has 0 spiro atoms. The van der Waals surface area contributed by atoms with Gasteiger partial charge in [-0.1, -0.05) is 0 Å². The molecule has 0 aliphatic rings. The molecule has 0 radical (unpaired) electrons. The summed E-state index contributed by atoms with van der Waals surface area (Å²) in [4.78, 5) is 12.0. The fourth-order valence-corrected chi connectivity index (χ4v) is 1.28. The van der Waals surface area contributed by atoms with Crippen LogP contribution in [0.4, 0.5) is 5.69 Å². The van der Waals surface area contributed by atoms with Gasteiger partial charge in [-0.05, 0) is 20.2 Å². The van der Waals surface area contributed by atoms with Crippen LogP contribution in [0.15, 0.2) is 18.2 Å². The van der Waals surface area contributed by atoms with E-state index >= 15 is 0 Å². The highest BCUT2D eigenvalue weighted by molar-refractivity contribution is 5.43. The average Bonchev–Trinajstić information content (AvgIpc) is 2.28. The lowest BCUT2D eigenvalue weighted by atomic mass is 10.2. The maximum absolute atomic E-state index is 10.6. The van der Waals surface area contributed by atoms with Gasteiger partial charge >= 0.3 is 0 Å². The summed E-state index contributed by atoms with van der Waals surface area (Å²) in [6.45, 7) is 0.929. The van der Waals surface area contributed by atoms with Crippen molar-refractivity contribution in [3.63, 3.8) is 0 Å². The van der Waals surface area contributed by atoms with Crippen molar-refractivity contribution in [2.45, 2.75) is 6.61 Å². The maximum atomic E-state index is 10.6. The second-order valence-electron chi connectivity index (χ2n) is 3.86. The molecule has 1 rings (SSSR count). The number of aliphatic hydroxyl groups is 1. The Hall–Kier alpha value is -1.66. The number of nitro groups is 1. The molecule has 6 nitrogen and oxygen atoms in total. The Labute approximate surface area is 99.6 Å². The highest BCUT2D eigenvalue weighted by atomic mass is 16.6. The summed E-state index contributed by atoms with van der Waals surface area (Å²) in [5.41, 5.74) is 0.381. The third-order valence-corrected chi connectivity index (χ3v) is 2.22. The van der Waals surface area contributed by atoms with Gasteiger partial charge in [0, 0.05) is 24.2 Å². The minimum absolute atomic E-state index is 0.0472. The second-order valence-corrected chi connectivity index (χ2v) is 3.86. The Bertz CT molecular complexity index is 393. The van der Waals surface area contributed by atoms with Crippen molar-refractivity contribution in [3.05, 3.63) is 33.9 Å². The number of non-ortho nitro benzene ring substituents is 1. The predicted octanol–water partition coefficient (Wildman–Crippen LogP) is 1.03. The van der Waals surface area contributed by atoms with E-state index in [4.69, 9.17) is 9.84 Å². The van der Waals surface area contributed by atoms with Gasteiger partial charge in [0.15, 0.2) is 0 Å². The topological polar surface area (TPSA) is 75.8 Å². The van der Waals surface area contributed by atoms with Crippen molar-refractivity contribution in [2.24, 2.45) is 0 Å². The fourth-order valence-electron chi connectivity index (χ4n) is 1.28. The Morgan fingerprint density at radius 1 is 1.47 bits per heavy atom. The van der Waals surface area contributed by atoms with E-state index in [1.165, 1.54) is 18.2 Å². The van der Waals surface area contributed by atoms with Gasteiger partial charge in [-0.3, -0.25) is 10.1 Å². The molecule has 6 heteroatoms. The first-order chi connectivity index (χ1) is 8.04. The van der Waals surface area contributed by atoms with Crippen LogP contribution < -0.4 is 4.74 Å². The van der Waals surface area contributed by atoms with Crippen LogP contribution in [-0.4, -0.2) is 42.2 Å². The zero-order chi connectivity index (χ0) is 12.8. The lowest BCUT2D eigenvalue weighted by Crippen LogP contribution is -2.19. The molecular formula is C11H16N2O4. The second kappa shape index (κ2) is 6.17. The van der Waals surface area contributed by atoms with Crippen molar-refractivity contribution in [3.8, 4) is 5.75 Å². The van der Waals surface area contributed by atoms with Gasteiger partial charge in [0.05, 0.1) is 11.5 Å². The molecular weight excluding hydrogens is 224 g/mol. The average molecular weight is 240 g/mol. The van der Waals surface area contributed by atoms with E-state index in [0.717, 1.165) is 6.54 Å². The van der Waals surface area contributed by atoms with E-state index in [1.54, 1.807) is 0 Å². The van der Waals surface area contributed by atoms with E-state index in [-0.39, 0.29) is 12.3 Å². The molecule has 0 saturated carbocycles. The molecule has 17 heavy (non-hydrogen) atoms. The molecule has 0 aromatic heterocycles. The summed E-state index contributed by atoms with van der Waals surface area (Å²) in [5, 5.41) is 19.7. The summed E-state index contributed by atoms with van der Waals surface area (Å²) in [6, 6.07) is 4.20. The Kier molecular flexibility index (Phi) is 4.86. The van der Waals surface area contributed by atoms with Crippen LogP contribution in [0, 0.1) is 10.1 Å². The van der Waals surface area contributed by atoms with Gasteiger partial charge in [-0.15, -0.1) is 0 Å². The molecule has 0 amide bonds. The number of nitrogens with zero attached hydrogens (tertiary/aromatic N) is 2. The van der Waals surface area contributed by atoms with Crippen LogP contribution in [-0.2, 0) is 6.61 Å². The summed E-state index contributed by atoms with van der Waals surface area (Å²) >= 11 is 0. The quantitative estimate of drug-likeness (QED) is 0.593. The summed E-state index contributed by atoms with van der Waals surface area (Å²) in [5.74, 6) is 0.486. The standard InChI is InChI=1S/C11H16N2O4/c1-12(2)5-6-17-11-4-3-10(13(15)16)7-9(11)8-14/h3-4,7,14H,5-6,8H2,1-2H3. The first kappa shape index (κ1) is 13.4. The number of likely N-dealkylation sites (N-methyl/N-ethyl adjacent to an activating group) is 1. The van der Waals surface area contributed by atoms with E-state index in [9.17, 15) is 10.1 Å². The molecule has 0 bridgehead atoms. The molecule has 0 unspecified atom stereocenters. The predicted molar refractivity (Wildman–Crippen MR) is 63.1 cm³/mol. The highest BCUT2D eigenvalue weighted by Gasteiger charge is 2.11. The minimum atomic E-state index is -0.497. The zero-order valence-electron chi connectivity index (χ0n) is 9.92. The number of hydrogen-bond donors (Lipinski definition) is 1. The molecule has 0 fully saturated rings. The van der Waals surface area contributed by atoms with E-state index < -0.39 is 4.92 Å². The summed E-state index contributed by atoms with van der Waals surface area (Å²) in [6.07, 6.45) is 0. The molecule has 0 saturated heterocycles. The number of benzene rings is 1. The maximum Gasteiger partial charge on any atom is 0.270 e. The van der Waals surface area contributed by atoms with Crippen molar-refractivity contribution in [2.75, 3.05) is 27.2 Å². The first-order valence-electron chi connectivity index (χ1n) is 5.20. The molecule has 0 heterocycles. The van der Waals surface area contributed by atoms with Crippen LogP contribution in [0.1, 0.15) is 5.56 Å². The molecule has 0 aliphatic heterocycles. The minimum Gasteiger partial charge on any atom is -0.492 e. The smallest absolute Gasteiger partial charge is 0.270 e. The van der Waals surface area contributed by atoms with E-state index in [1.807, 2.05) is 19.0 Å². The number of hydrogen-bond acceptors (Lipinski definition) is 5. The first-order valence-corrected chi connectivity index (χ1v) is 5.20. The Morgan fingerprint density at radius 3 is 2.71 bits per heavy atom. The number of aliphatic hydroxyl groups excluding tert-OH is 1. The van der Waals surface area contributed by atoms with E-state index in [2.05, 4.69) is 0 Å². The van der Waals surface area contributed by atoms with Gasteiger partial charge in [0.2, 0.25) is 0 Å². The van der Waals surface area contributed by atoms with Crippen LogP contribution >= 0.6 is 0 Å². The molecule has 0 aliphatic carbocycles. The van der Waals surface area contributed by atoms with Crippen LogP contribution in [0.25, 0.3) is 0 Å². The van der Waals surface area contributed by atoms with Crippen LogP contribution in [0.5, 0.6) is 5.75 Å². The lowest BCUT2D eigenvalue weighted by molar-refractivity contribution is -0.385. The van der Waals surface area contributed by atoms with Gasteiger partial charge in [-0.2, -0.15) is 0 Å². The lowest BCUT2D eigenvalue weighted by Gasteiger charge is -2.13. The van der Waals surface area contributed by atoms with Crippen molar-refractivity contribution in [1.82, 2.24) is 4.90 Å². The molecule has 1 aromatic carbocycles. The Balaban J connectivity index is 2.75. The number of rotatable bonds is 6. The van der Waals surface area contributed by atoms with E-state index in [0.29, 0.717) is 17.9 Å². The largest absolute Gasteiger partial charge is 0.492 e. The molecule has 94 valence electrons. The molecule has 0 atom stereocenters. The molecule has 1 aromatic rings. The van der Waals surface area contributed by atoms with Crippen LogP contribution in [0.2, 0.25) is 0 Å². The SMILES string of the molecule is CN(C)CCOc1ccc([N+](=O)[O-])cc1CO. The monoisotopic (exact) mass is 240 g/mol.